The first-order valence-electron chi connectivity index (χ1n) is 6.24. The summed E-state index contributed by atoms with van der Waals surface area (Å²) in [5, 5.41) is 9.99. The summed E-state index contributed by atoms with van der Waals surface area (Å²) in [7, 11) is 0. The van der Waals surface area contributed by atoms with Gasteiger partial charge < -0.3 is 14.6 Å². The molecule has 3 aliphatic rings. The minimum Gasteiger partial charge on any atom is -0.456 e. The molecule has 3 heterocycles. The maximum Gasteiger partial charge on any atom is 0.330 e. The van der Waals surface area contributed by atoms with E-state index in [-0.39, 0.29) is 24.0 Å². The zero-order valence-electron chi connectivity index (χ0n) is 10.1. The molecule has 1 fully saturated rings. The quantitative estimate of drug-likeness (QED) is 0.703. The predicted molar refractivity (Wildman–Crippen MR) is 64.6 cm³/mol. The molecule has 0 unspecified atom stereocenters. The molecule has 0 spiro atoms. The molecule has 6 atom stereocenters. The number of rotatable bonds is 1. The fourth-order valence-corrected chi connectivity index (χ4v) is 2.98. The zero-order chi connectivity index (χ0) is 12.7. The van der Waals surface area contributed by atoms with Crippen LogP contribution in [-0.2, 0) is 14.3 Å². The van der Waals surface area contributed by atoms with E-state index in [9.17, 15) is 9.90 Å². The number of esters is 1. The van der Waals surface area contributed by atoms with Crippen molar-refractivity contribution in [3.8, 4) is 0 Å². The van der Waals surface area contributed by atoms with Crippen LogP contribution in [0.3, 0.4) is 0 Å². The summed E-state index contributed by atoms with van der Waals surface area (Å²) in [6, 6.07) is 0. The van der Waals surface area contributed by atoms with Gasteiger partial charge in [-0.15, -0.1) is 0 Å². The van der Waals surface area contributed by atoms with Gasteiger partial charge in [-0.25, -0.2) is 4.79 Å². The Bertz CT molecular complexity index is 437. The molecule has 3 aliphatic heterocycles. The summed E-state index contributed by atoms with van der Waals surface area (Å²) in [5.41, 5.74) is 0. The summed E-state index contributed by atoms with van der Waals surface area (Å²) in [4.78, 5) is 11.3. The lowest BCUT2D eigenvalue weighted by Gasteiger charge is -2.32. The number of fused-ring (bicyclic) bond motifs is 2. The van der Waals surface area contributed by atoms with Gasteiger partial charge >= 0.3 is 5.97 Å². The summed E-state index contributed by atoms with van der Waals surface area (Å²) in [5.74, 6) is -0.202. The smallest absolute Gasteiger partial charge is 0.330 e. The lowest BCUT2D eigenvalue weighted by molar-refractivity contribution is -0.155. The molecule has 96 valence electrons. The number of allylic oxidation sites excluding steroid dienone is 2. The van der Waals surface area contributed by atoms with Gasteiger partial charge in [0.25, 0.3) is 0 Å². The average molecular weight is 248 g/mol. The maximum atomic E-state index is 11.3. The van der Waals surface area contributed by atoms with E-state index in [0.717, 1.165) is 0 Å². The Balaban J connectivity index is 1.88. The van der Waals surface area contributed by atoms with Crippen LogP contribution in [0.5, 0.6) is 0 Å². The van der Waals surface area contributed by atoms with Gasteiger partial charge in [-0.3, -0.25) is 0 Å². The zero-order valence-corrected chi connectivity index (χ0v) is 10.1. The number of cyclic esters (lactones) is 1. The minimum absolute atomic E-state index is 0.0138. The van der Waals surface area contributed by atoms with Crippen molar-refractivity contribution in [1.29, 1.82) is 0 Å². The second kappa shape index (κ2) is 4.37. The van der Waals surface area contributed by atoms with Gasteiger partial charge in [-0.2, -0.15) is 0 Å². The van der Waals surface area contributed by atoms with E-state index in [1.54, 1.807) is 0 Å². The van der Waals surface area contributed by atoms with Gasteiger partial charge in [-0.1, -0.05) is 31.2 Å². The van der Waals surface area contributed by atoms with E-state index in [1.165, 1.54) is 12.2 Å². The molecule has 3 rings (SSSR count). The number of hydrogen-bond acceptors (Lipinski definition) is 4. The molecule has 0 radical (unpaired) electrons. The molecule has 1 saturated heterocycles. The first kappa shape index (κ1) is 11.7. The second-order valence-electron chi connectivity index (χ2n) is 5.02. The van der Waals surface area contributed by atoms with E-state index in [0.29, 0.717) is 0 Å². The molecule has 4 heteroatoms. The standard InChI is InChI=1S/C14H16O4/c1-8-10-4-2-3-5-11(17-10)13(8)14-9(15)6-7-12(16)18-14/h2-11,13-15H,1H3/t8-,9+,10-,11+,13-,14-/m1/s1. The van der Waals surface area contributed by atoms with Crippen molar-refractivity contribution in [1.82, 2.24) is 0 Å². The Morgan fingerprint density at radius 3 is 2.67 bits per heavy atom. The summed E-state index contributed by atoms with van der Waals surface area (Å²) < 4.78 is 11.2. The van der Waals surface area contributed by atoms with Crippen molar-refractivity contribution in [2.24, 2.45) is 11.8 Å². The van der Waals surface area contributed by atoms with Gasteiger partial charge in [0.1, 0.15) is 12.2 Å². The van der Waals surface area contributed by atoms with Crippen LogP contribution in [0.15, 0.2) is 36.5 Å². The third-order valence-electron chi connectivity index (χ3n) is 3.93. The van der Waals surface area contributed by atoms with Crippen molar-refractivity contribution in [3.63, 3.8) is 0 Å². The van der Waals surface area contributed by atoms with Crippen LogP contribution in [0.2, 0.25) is 0 Å². The summed E-state index contributed by atoms with van der Waals surface area (Å²) in [6.45, 7) is 2.07. The first-order chi connectivity index (χ1) is 8.66. The Labute approximate surface area is 106 Å². The Morgan fingerprint density at radius 2 is 1.89 bits per heavy atom. The van der Waals surface area contributed by atoms with Crippen LogP contribution >= 0.6 is 0 Å². The van der Waals surface area contributed by atoms with Crippen LogP contribution in [0, 0.1) is 11.8 Å². The van der Waals surface area contributed by atoms with E-state index in [1.807, 2.05) is 24.3 Å². The third kappa shape index (κ3) is 1.82. The lowest BCUT2D eigenvalue weighted by Crippen LogP contribution is -2.44. The van der Waals surface area contributed by atoms with Gasteiger partial charge in [0.05, 0.1) is 12.2 Å². The molecule has 1 N–H and O–H groups in total. The van der Waals surface area contributed by atoms with Gasteiger partial charge in [0.15, 0.2) is 0 Å². The lowest BCUT2D eigenvalue weighted by atomic mass is 9.80. The van der Waals surface area contributed by atoms with E-state index in [2.05, 4.69) is 6.92 Å². The van der Waals surface area contributed by atoms with Crippen LogP contribution in [0.4, 0.5) is 0 Å². The molecular formula is C14H16O4. The van der Waals surface area contributed by atoms with E-state index < -0.39 is 18.2 Å². The van der Waals surface area contributed by atoms with Crippen LogP contribution < -0.4 is 0 Å². The van der Waals surface area contributed by atoms with Crippen LogP contribution in [0.25, 0.3) is 0 Å². The van der Waals surface area contributed by atoms with Crippen LogP contribution in [0.1, 0.15) is 6.92 Å². The number of ether oxygens (including phenoxy) is 2. The monoisotopic (exact) mass is 248 g/mol. The van der Waals surface area contributed by atoms with Crippen molar-refractivity contribution in [2.45, 2.75) is 31.3 Å². The van der Waals surface area contributed by atoms with Gasteiger partial charge in [0.2, 0.25) is 0 Å². The molecule has 0 saturated carbocycles. The molecule has 0 aromatic rings. The van der Waals surface area contributed by atoms with Gasteiger partial charge in [0, 0.05) is 12.0 Å². The van der Waals surface area contributed by atoms with E-state index in [4.69, 9.17) is 9.47 Å². The Hall–Kier alpha value is -1.39. The highest BCUT2D eigenvalue weighted by atomic mass is 16.6. The molecule has 4 nitrogen and oxygen atoms in total. The molecule has 0 aromatic carbocycles. The number of carbonyl (C=O) groups excluding carboxylic acids is 1. The number of aliphatic hydroxyl groups excluding tert-OH is 1. The van der Waals surface area contributed by atoms with Gasteiger partial charge in [-0.05, 0) is 12.0 Å². The predicted octanol–water partition coefficient (Wildman–Crippen LogP) is 0.975. The second-order valence-corrected chi connectivity index (χ2v) is 5.02. The topological polar surface area (TPSA) is 55.8 Å². The highest BCUT2D eigenvalue weighted by Gasteiger charge is 2.48. The largest absolute Gasteiger partial charge is 0.456 e. The molecule has 18 heavy (non-hydrogen) atoms. The Morgan fingerprint density at radius 1 is 1.17 bits per heavy atom. The fourth-order valence-electron chi connectivity index (χ4n) is 2.98. The minimum atomic E-state index is -0.753. The normalized spacial score (nSPS) is 46.0. The van der Waals surface area contributed by atoms with E-state index >= 15 is 0 Å². The van der Waals surface area contributed by atoms with Crippen molar-refractivity contribution in [2.75, 3.05) is 0 Å². The Kier molecular flexibility index (Phi) is 2.84. The highest BCUT2D eigenvalue weighted by molar-refractivity contribution is 5.83. The average Bonchev–Trinajstić information content (AvgIpc) is 2.54. The SMILES string of the molecule is C[C@H]1[C@@H]([C@@H]2OC(=O)C=C[C@@H]2O)[C@@H]2C=CC=C[C@H]1O2. The number of hydrogen-bond donors (Lipinski definition) is 1. The van der Waals surface area contributed by atoms with Crippen LogP contribution in [-0.4, -0.2) is 35.5 Å². The number of carbonyl (C=O) groups is 1. The van der Waals surface area contributed by atoms with Crippen molar-refractivity contribution >= 4 is 5.97 Å². The molecule has 2 bridgehead atoms. The van der Waals surface area contributed by atoms with Crippen molar-refractivity contribution in [3.05, 3.63) is 36.5 Å². The summed E-state index contributed by atoms with van der Waals surface area (Å²) >= 11 is 0. The molecule has 0 aromatic heterocycles. The fraction of sp³-hybridized carbons (Fsp3) is 0.500. The maximum absolute atomic E-state index is 11.3. The number of aliphatic hydroxyl groups is 1. The first-order valence-corrected chi connectivity index (χ1v) is 6.24. The molecule has 0 amide bonds. The molecular weight excluding hydrogens is 232 g/mol. The molecule has 0 aliphatic carbocycles. The highest BCUT2D eigenvalue weighted by Crippen LogP contribution is 2.40. The van der Waals surface area contributed by atoms with Crippen molar-refractivity contribution < 1.29 is 19.4 Å². The third-order valence-corrected chi connectivity index (χ3v) is 3.93. The summed E-state index contributed by atoms with van der Waals surface area (Å²) in [6.07, 6.45) is 9.29.